The highest BCUT2D eigenvalue weighted by Gasteiger charge is 2.29. The molecule has 88 valence electrons. The highest BCUT2D eigenvalue weighted by atomic mass is 15.0. The molecule has 16 heavy (non-hydrogen) atoms. The molecule has 0 saturated heterocycles. The highest BCUT2D eigenvalue weighted by Crippen LogP contribution is 2.36. The van der Waals surface area contributed by atoms with Crippen molar-refractivity contribution in [2.24, 2.45) is 5.92 Å². The Bertz CT molecular complexity index is 370. The average molecular weight is 217 g/mol. The average Bonchev–Trinajstić information content (AvgIpc) is 2.55. The van der Waals surface area contributed by atoms with Gasteiger partial charge in [0, 0.05) is 12.1 Å². The van der Waals surface area contributed by atoms with Gasteiger partial charge in [-0.2, -0.15) is 0 Å². The molecule has 1 heteroatoms. The largest absolute Gasteiger partial charge is 0.307 e. The topological polar surface area (TPSA) is 12.0 Å². The standard InChI is InChI=1S/C15H23N/c1-5-12(4)16-15-11(3)9-13-7-6-10(2)8-14(13)15/h6-8,11-12,15-16H,5,9H2,1-4H3. The molecule has 0 saturated carbocycles. The quantitative estimate of drug-likeness (QED) is 0.815. The third kappa shape index (κ3) is 2.15. The van der Waals surface area contributed by atoms with Crippen molar-refractivity contribution in [3.63, 3.8) is 0 Å². The minimum Gasteiger partial charge on any atom is -0.307 e. The molecule has 3 atom stereocenters. The molecule has 3 unspecified atom stereocenters. The normalized spacial score (nSPS) is 25.5. The van der Waals surface area contributed by atoms with Crippen molar-refractivity contribution in [3.8, 4) is 0 Å². The predicted molar refractivity (Wildman–Crippen MR) is 69.7 cm³/mol. The van der Waals surface area contributed by atoms with Crippen LogP contribution in [0, 0.1) is 12.8 Å². The summed E-state index contributed by atoms with van der Waals surface area (Å²) in [5.41, 5.74) is 4.45. The molecule has 0 amide bonds. The summed E-state index contributed by atoms with van der Waals surface area (Å²) in [6, 6.07) is 8.07. The van der Waals surface area contributed by atoms with Gasteiger partial charge >= 0.3 is 0 Å². The second kappa shape index (κ2) is 4.58. The fourth-order valence-electron chi connectivity index (χ4n) is 2.64. The Morgan fingerprint density at radius 1 is 1.44 bits per heavy atom. The summed E-state index contributed by atoms with van der Waals surface area (Å²) >= 11 is 0. The molecule has 0 aliphatic heterocycles. The van der Waals surface area contributed by atoms with E-state index in [1.54, 1.807) is 5.56 Å². The lowest BCUT2D eigenvalue weighted by atomic mass is 10.0. The van der Waals surface area contributed by atoms with Gasteiger partial charge in [0.2, 0.25) is 0 Å². The van der Waals surface area contributed by atoms with Crippen LogP contribution in [0.25, 0.3) is 0 Å². The van der Waals surface area contributed by atoms with Crippen molar-refractivity contribution < 1.29 is 0 Å². The minimum absolute atomic E-state index is 0.560. The van der Waals surface area contributed by atoms with Crippen LogP contribution in [-0.2, 0) is 6.42 Å². The Morgan fingerprint density at radius 2 is 2.19 bits per heavy atom. The van der Waals surface area contributed by atoms with E-state index in [1.165, 1.54) is 24.0 Å². The Kier molecular flexibility index (Phi) is 3.34. The first-order valence-corrected chi connectivity index (χ1v) is 6.47. The van der Waals surface area contributed by atoms with E-state index in [1.807, 2.05) is 0 Å². The number of benzene rings is 1. The fourth-order valence-corrected chi connectivity index (χ4v) is 2.64. The van der Waals surface area contributed by atoms with Crippen molar-refractivity contribution in [1.82, 2.24) is 5.32 Å². The van der Waals surface area contributed by atoms with Crippen LogP contribution in [0.4, 0.5) is 0 Å². The van der Waals surface area contributed by atoms with Gasteiger partial charge in [-0.3, -0.25) is 0 Å². The minimum atomic E-state index is 0.560. The third-order valence-corrected chi connectivity index (χ3v) is 3.82. The van der Waals surface area contributed by atoms with Gasteiger partial charge in [0.25, 0.3) is 0 Å². The Hall–Kier alpha value is -0.820. The van der Waals surface area contributed by atoms with E-state index in [-0.39, 0.29) is 0 Å². The molecule has 2 rings (SSSR count). The van der Waals surface area contributed by atoms with Gasteiger partial charge in [-0.25, -0.2) is 0 Å². The molecule has 0 spiro atoms. The Morgan fingerprint density at radius 3 is 2.88 bits per heavy atom. The van der Waals surface area contributed by atoms with E-state index >= 15 is 0 Å². The molecule has 0 radical (unpaired) electrons. The van der Waals surface area contributed by atoms with Crippen molar-refractivity contribution in [2.75, 3.05) is 0 Å². The molecule has 1 nitrogen and oxygen atoms in total. The summed E-state index contributed by atoms with van der Waals surface area (Å²) in [5.74, 6) is 0.728. The van der Waals surface area contributed by atoms with E-state index in [0.717, 1.165) is 5.92 Å². The van der Waals surface area contributed by atoms with Gasteiger partial charge < -0.3 is 5.32 Å². The lowest BCUT2D eigenvalue weighted by molar-refractivity contribution is 0.370. The SMILES string of the molecule is CCC(C)NC1c2cc(C)ccc2CC1C. The van der Waals surface area contributed by atoms with Crippen LogP contribution in [0.2, 0.25) is 0 Å². The molecule has 0 fully saturated rings. The van der Waals surface area contributed by atoms with Crippen molar-refractivity contribution in [2.45, 2.75) is 52.6 Å². The summed E-state index contributed by atoms with van der Waals surface area (Å²) in [4.78, 5) is 0. The van der Waals surface area contributed by atoms with Crippen LogP contribution >= 0.6 is 0 Å². The van der Waals surface area contributed by atoms with E-state index in [0.29, 0.717) is 12.1 Å². The lowest BCUT2D eigenvalue weighted by Gasteiger charge is -2.23. The third-order valence-electron chi connectivity index (χ3n) is 3.82. The second-order valence-corrected chi connectivity index (χ2v) is 5.34. The fraction of sp³-hybridized carbons (Fsp3) is 0.600. The van der Waals surface area contributed by atoms with Gasteiger partial charge in [0.1, 0.15) is 0 Å². The van der Waals surface area contributed by atoms with Crippen LogP contribution in [0.5, 0.6) is 0 Å². The summed E-state index contributed by atoms with van der Waals surface area (Å²) < 4.78 is 0. The van der Waals surface area contributed by atoms with Gasteiger partial charge in [0.15, 0.2) is 0 Å². The number of aryl methyl sites for hydroxylation is 1. The monoisotopic (exact) mass is 217 g/mol. The first-order valence-electron chi connectivity index (χ1n) is 6.47. The number of rotatable bonds is 3. The van der Waals surface area contributed by atoms with Crippen molar-refractivity contribution >= 4 is 0 Å². The van der Waals surface area contributed by atoms with Gasteiger partial charge in [-0.15, -0.1) is 0 Å². The van der Waals surface area contributed by atoms with Crippen LogP contribution in [0.3, 0.4) is 0 Å². The smallest absolute Gasteiger partial charge is 0.0354 e. The highest BCUT2D eigenvalue weighted by molar-refractivity contribution is 5.38. The number of fused-ring (bicyclic) bond motifs is 1. The van der Waals surface area contributed by atoms with E-state index in [2.05, 4.69) is 51.2 Å². The summed E-state index contributed by atoms with van der Waals surface area (Å²) in [7, 11) is 0. The molecule has 1 aromatic rings. The number of hydrogen-bond acceptors (Lipinski definition) is 1. The van der Waals surface area contributed by atoms with Gasteiger partial charge in [-0.05, 0) is 43.7 Å². The summed E-state index contributed by atoms with van der Waals surface area (Å²) in [5, 5.41) is 3.76. The zero-order chi connectivity index (χ0) is 11.7. The van der Waals surface area contributed by atoms with E-state index in [4.69, 9.17) is 0 Å². The predicted octanol–water partition coefficient (Wildman–Crippen LogP) is 3.62. The molecular weight excluding hydrogens is 194 g/mol. The summed E-state index contributed by atoms with van der Waals surface area (Å²) in [6.45, 7) is 9.06. The maximum atomic E-state index is 3.76. The molecule has 1 aromatic carbocycles. The molecular formula is C15H23N. The zero-order valence-corrected chi connectivity index (χ0v) is 10.9. The van der Waals surface area contributed by atoms with E-state index in [9.17, 15) is 0 Å². The first kappa shape index (κ1) is 11.7. The van der Waals surface area contributed by atoms with Gasteiger partial charge in [-0.1, -0.05) is 37.6 Å². The Labute approximate surface area is 99.3 Å². The molecule has 0 heterocycles. The zero-order valence-electron chi connectivity index (χ0n) is 10.9. The second-order valence-electron chi connectivity index (χ2n) is 5.34. The number of nitrogens with one attached hydrogen (secondary N) is 1. The number of hydrogen-bond donors (Lipinski definition) is 1. The van der Waals surface area contributed by atoms with Crippen LogP contribution in [0.1, 0.15) is 49.9 Å². The maximum Gasteiger partial charge on any atom is 0.0354 e. The first-order chi connectivity index (χ1) is 7.61. The summed E-state index contributed by atoms with van der Waals surface area (Å²) in [6.07, 6.45) is 2.42. The van der Waals surface area contributed by atoms with Crippen LogP contribution in [-0.4, -0.2) is 6.04 Å². The van der Waals surface area contributed by atoms with Crippen LogP contribution in [0.15, 0.2) is 18.2 Å². The molecule has 1 aliphatic carbocycles. The molecule has 1 N–H and O–H groups in total. The lowest BCUT2D eigenvalue weighted by Crippen LogP contribution is -2.31. The van der Waals surface area contributed by atoms with Crippen LogP contribution < -0.4 is 5.32 Å². The molecule has 0 bridgehead atoms. The molecule has 1 aliphatic rings. The van der Waals surface area contributed by atoms with E-state index < -0.39 is 0 Å². The van der Waals surface area contributed by atoms with Crippen molar-refractivity contribution in [1.29, 1.82) is 0 Å². The maximum absolute atomic E-state index is 3.76. The molecule has 0 aromatic heterocycles. The van der Waals surface area contributed by atoms with Gasteiger partial charge in [0.05, 0.1) is 0 Å². The van der Waals surface area contributed by atoms with Crippen molar-refractivity contribution in [3.05, 3.63) is 34.9 Å². The Balaban J connectivity index is 2.24.